The van der Waals surface area contributed by atoms with Crippen LogP contribution in [0.3, 0.4) is 0 Å². The lowest BCUT2D eigenvalue weighted by Crippen LogP contribution is -2.42. The number of nitrogens with one attached hydrogen (secondary N) is 1. The zero-order valence-corrected chi connectivity index (χ0v) is 21.8. The first-order valence-electron chi connectivity index (χ1n) is 11.3. The molecule has 0 saturated carbocycles. The van der Waals surface area contributed by atoms with E-state index >= 15 is 0 Å². The minimum atomic E-state index is -3.99. The van der Waals surface area contributed by atoms with Crippen LogP contribution in [0.15, 0.2) is 65.6 Å². The predicted octanol–water partition coefficient (Wildman–Crippen LogP) is 4.70. The summed E-state index contributed by atoms with van der Waals surface area (Å²) in [4.78, 5) is 13.3. The Balaban J connectivity index is 1.92. The molecule has 1 N–H and O–H groups in total. The lowest BCUT2D eigenvalue weighted by Gasteiger charge is -2.27. The summed E-state index contributed by atoms with van der Waals surface area (Å²) in [6.45, 7) is 7.12. The molecule has 0 heterocycles. The van der Waals surface area contributed by atoms with Crippen molar-refractivity contribution in [3.63, 3.8) is 0 Å². The highest BCUT2D eigenvalue weighted by molar-refractivity contribution is 7.92. The van der Waals surface area contributed by atoms with Crippen molar-refractivity contribution in [2.45, 2.75) is 38.6 Å². The number of hydrogen-bond acceptors (Lipinski definition) is 5. The number of carbonyl (C=O) groups excluding carboxylic acids is 1. The molecule has 0 fully saturated rings. The fraction of sp³-hybridized carbons (Fsp3) is 0.296. The molecule has 186 valence electrons. The van der Waals surface area contributed by atoms with Crippen LogP contribution in [-0.4, -0.2) is 35.1 Å². The van der Waals surface area contributed by atoms with Crippen molar-refractivity contribution in [2.24, 2.45) is 0 Å². The zero-order valence-electron chi connectivity index (χ0n) is 21.0. The average Bonchev–Trinajstić information content (AvgIpc) is 2.84. The largest absolute Gasteiger partial charge is 0.493 e. The first kappa shape index (κ1) is 26.1. The highest BCUT2D eigenvalue weighted by atomic mass is 32.2. The van der Waals surface area contributed by atoms with Crippen LogP contribution in [-0.2, 0) is 14.8 Å². The molecule has 0 aliphatic carbocycles. The molecule has 0 saturated heterocycles. The maximum Gasteiger partial charge on any atom is 0.264 e. The Morgan fingerprint density at radius 2 is 1.60 bits per heavy atom. The molecule has 0 aliphatic heterocycles. The van der Waals surface area contributed by atoms with Gasteiger partial charge in [0, 0.05) is 0 Å². The van der Waals surface area contributed by atoms with E-state index in [1.165, 1.54) is 4.31 Å². The summed E-state index contributed by atoms with van der Waals surface area (Å²) in [6, 6.07) is 17.0. The van der Waals surface area contributed by atoms with Crippen molar-refractivity contribution in [1.82, 2.24) is 5.32 Å². The van der Waals surface area contributed by atoms with Gasteiger partial charge in [0.2, 0.25) is 5.91 Å². The van der Waals surface area contributed by atoms with Crippen LogP contribution in [0.25, 0.3) is 0 Å². The maximum absolute atomic E-state index is 13.7. The third-order valence-electron chi connectivity index (χ3n) is 6.03. The third-order valence-corrected chi connectivity index (χ3v) is 7.80. The number of hydrogen-bond donors (Lipinski definition) is 1. The molecule has 0 aromatic heterocycles. The molecule has 1 atom stereocenters. The molecule has 0 unspecified atom stereocenters. The van der Waals surface area contributed by atoms with Crippen LogP contribution in [0.5, 0.6) is 11.5 Å². The van der Waals surface area contributed by atoms with Gasteiger partial charge in [0.05, 0.1) is 30.8 Å². The molecule has 1 amide bonds. The molecule has 0 aliphatic rings. The van der Waals surface area contributed by atoms with E-state index in [4.69, 9.17) is 9.47 Å². The van der Waals surface area contributed by atoms with Crippen LogP contribution in [0, 0.1) is 20.8 Å². The molecule has 35 heavy (non-hydrogen) atoms. The van der Waals surface area contributed by atoms with E-state index in [2.05, 4.69) is 5.32 Å². The minimum Gasteiger partial charge on any atom is -0.493 e. The molecule has 3 aromatic carbocycles. The Morgan fingerprint density at radius 3 is 2.23 bits per heavy atom. The van der Waals surface area contributed by atoms with E-state index in [-0.39, 0.29) is 17.5 Å². The van der Waals surface area contributed by atoms with Gasteiger partial charge in [0.1, 0.15) is 6.54 Å². The highest BCUT2D eigenvalue weighted by Crippen LogP contribution is 2.31. The fourth-order valence-electron chi connectivity index (χ4n) is 3.77. The standard InChI is InChI=1S/C27H32N2O5S/c1-18-10-13-23(14-11-18)35(31,32)29(24-9-7-8-19(2)20(24)3)17-27(30)28-21(4)22-12-15-25(33-5)26(16-22)34-6/h7-16,21H,17H2,1-6H3,(H,28,30)/t21-/m0/s1. The Kier molecular flexibility index (Phi) is 8.07. The van der Waals surface area contributed by atoms with Gasteiger partial charge in [-0.3, -0.25) is 9.10 Å². The second kappa shape index (κ2) is 10.8. The molecule has 0 bridgehead atoms. The van der Waals surface area contributed by atoms with Crippen molar-refractivity contribution in [3.8, 4) is 11.5 Å². The molecule has 7 nitrogen and oxygen atoms in total. The number of carbonyl (C=O) groups is 1. The van der Waals surface area contributed by atoms with Crippen LogP contribution in [0.2, 0.25) is 0 Å². The van der Waals surface area contributed by atoms with Crippen LogP contribution < -0.4 is 19.1 Å². The summed E-state index contributed by atoms with van der Waals surface area (Å²) in [5.41, 5.74) is 3.95. The number of rotatable bonds is 9. The quantitative estimate of drug-likeness (QED) is 0.464. The summed E-state index contributed by atoms with van der Waals surface area (Å²) < 4.78 is 39.1. The summed E-state index contributed by atoms with van der Waals surface area (Å²) in [5, 5.41) is 2.91. The first-order valence-corrected chi connectivity index (χ1v) is 12.7. The SMILES string of the molecule is COc1ccc([C@H](C)NC(=O)CN(c2cccc(C)c2C)S(=O)(=O)c2ccc(C)cc2)cc1OC. The average molecular weight is 497 g/mol. The second-order valence-electron chi connectivity index (χ2n) is 8.45. The van der Waals surface area contributed by atoms with Crippen molar-refractivity contribution in [1.29, 1.82) is 0 Å². The topological polar surface area (TPSA) is 84.9 Å². The molecular weight excluding hydrogens is 464 g/mol. The molecule has 0 radical (unpaired) electrons. The number of methoxy groups -OCH3 is 2. The fourth-order valence-corrected chi connectivity index (χ4v) is 5.24. The van der Waals surface area contributed by atoms with Crippen molar-refractivity contribution >= 4 is 21.6 Å². The number of aryl methyl sites for hydroxylation is 2. The van der Waals surface area contributed by atoms with Crippen molar-refractivity contribution in [2.75, 3.05) is 25.1 Å². The predicted molar refractivity (Wildman–Crippen MR) is 138 cm³/mol. The van der Waals surface area contributed by atoms with Crippen LogP contribution in [0.4, 0.5) is 5.69 Å². The van der Waals surface area contributed by atoms with E-state index in [1.54, 1.807) is 62.8 Å². The number of ether oxygens (including phenoxy) is 2. The number of sulfonamides is 1. The van der Waals surface area contributed by atoms with E-state index in [0.717, 1.165) is 22.3 Å². The lowest BCUT2D eigenvalue weighted by atomic mass is 10.1. The van der Waals surface area contributed by atoms with Gasteiger partial charge in [-0.15, -0.1) is 0 Å². The highest BCUT2D eigenvalue weighted by Gasteiger charge is 2.29. The van der Waals surface area contributed by atoms with Gasteiger partial charge in [-0.1, -0.05) is 35.9 Å². The second-order valence-corrected chi connectivity index (χ2v) is 10.3. The number of anilines is 1. The van der Waals surface area contributed by atoms with Gasteiger partial charge in [0.15, 0.2) is 11.5 Å². The monoisotopic (exact) mass is 496 g/mol. The smallest absolute Gasteiger partial charge is 0.264 e. The van der Waals surface area contributed by atoms with Crippen LogP contribution >= 0.6 is 0 Å². The van der Waals surface area contributed by atoms with E-state index in [1.807, 2.05) is 39.8 Å². The number of amides is 1. The van der Waals surface area contributed by atoms with Crippen molar-refractivity contribution in [3.05, 3.63) is 82.9 Å². The van der Waals surface area contributed by atoms with E-state index < -0.39 is 15.9 Å². The van der Waals surface area contributed by atoms with Gasteiger partial charge in [-0.2, -0.15) is 0 Å². The molecule has 8 heteroatoms. The summed E-state index contributed by atoms with van der Waals surface area (Å²) >= 11 is 0. The molecule has 0 spiro atoms. The summed E-state index contributed by atoms with van der Waals surface area (Å²) in [6.07, 6.45) is 0. The number of nitrogens with zero attached hydrogens (tertiary/aromatic N) is 1. The van der Waals surface area contributed by atoms with Gasteiger partial charge >= 0.3 is 0 Å². The number of benzene rings is 3. The first-order chi connectivity index (χ1) is 16.6. The van der Waals surface area contributed by atoms with Gasteiger partial charge in [-0.05, 0) is 74.7 Å². The van der Waals surface area contributed by atoms with Gasteiger partial charge in [-0.25, -0.2) is 8.42 Å². The van der Waals surface area contributed by atoms with Crippen LogP contribution in [0.1, 0.15) is 35.2 Å². The zero-order chi connectivity index (χ0) is 25.8. The summed E-state index contributed by atoms with van der Waals surface area (Å²) in [7, 11) is -0.890. The molecule has 3 aromatic rings. The minimum absolute atomic E-state index is 0.129. The molecule has 3 rings (SSSR count). The van der Waals surface area contributed by atoms with E-state index in [0.29, 0.717) is 17.2 Å². The van der Waals surface area contributed by atoms with E-state index in [9.17, 15) is 13.2 Å². The maximum atomic E-state index is 13.7. The third kappa shape index (κ3) is 5.77. The van der Waals surface area contributed by atoms with Crippen molar-refractivity contribution < 1.29 is 22.7 Å². The molecular formula is C27H32N2O5S. The van der Waals surface area contributed by atoms with Gasteiger partial charge < -0.3 is 14.8 Å². The lowest BCUT2D eigenvalue weighted by molar-refractivity contribution is -0.120. The Hall–Kier alpha value is -3.52. The Labute approximate surface area is 207 Å². The van der Waals surface area contributed by atoms with Gasteiger partial charge in [0.25, 0.3) is 10.0 Å². The summed E-state index contributed by atoms with van der Waals surface area (Å²) in [5.74, 6) is 0.703. The Bertz CT molecular complexity index is 1300. The Morgan fingerprint density at radius 1 is 0.943 bits per heavy atom. The normalized spacial score (nSPS) is 12.1.